The van der Waals surface area contributed by atoms with Crippen LogP contribution >= 0.6 is 0 Å². The highest BCUT2D eigenvalue weighted by Crippen LogP contribution is 2.16. The van der Waals surface area contributed by atoms with Crippen LogP contribution < -0.4 is 0 Å². The number of carbonyl (C=O) groups excluding carboxylic acids is 3. The lowest BCUT2D eigenvalue weighted by molar-refractivity contribution is -0.167. The molecule has 0 aliphatic carbocycles. The van der Waals surface area contributed by atoms with Crippen molar-refractivity contribution in [2.45, 2.75) is 322 Å². The fourth-order valence-corrected chi connectivity index (χ4v) is 8.79. The van der Waals surface area contributed by atoms with Crippen molar-refractivity contribution < 1.29 is 28.6 Å². The number of ether oxygens (including phenoxy) is 3. The summed E-state index contributed by atoms with van der Waals surface area (Å²) < 4.78 is 16.9. The molecule has 0 aromatic heterocycles. The van der Waals surface area contributed by atoms with E-state index in [9.17, 15) is 14.4 Å². The molecule has 0 aromatic carbocycles. The van der Waals surface area contributed by atoms with Gasteiger partial charge in [0.25, 0.3) is 0 Å². The quantitative estimate of drug-likeness (QED) is 0.0261. The van der Waals surface area contributed by atoms with E-state index >= 15 is 0 Å². The largest absolute Gasteiger partial charge is 0.462 e. The smallest absolute Gasteiger partial charge is 0.306 e. The van der Waals surface area contributed by atoms with Crippen molar-refractivity contribution in [3.05, 3.63) is 60.8 Å². The Morgan fingerprint density at radius 2 is 0.507 bits per heavy atom. The van der Waals surface area contributed by atoms with E-state index in [1.165, 1.54) is 193 Å². The van der Waals surface area contributed by atoms with Gasteiger partial charge in [0, 0.05) is 19.3 Å². The van der Waals surface area contributed by atoms with Gasteiger partial charge in [-0.25, -0.2) is 0 Å². The Morgan fingerprint density at radius 3 is 0.817 bits per heavy atom. The molecule has 0 aromatic rings. The number of carbonyl (C=O) groups is 3. The first-order chi connectivity index (χ1) is 35.0. The van der Waals surface area contributed by atoms with Crippen LogP contribution in [-0.2, 0) is 28.6 Å². The summed E-state index contributed by atoms with van der Waals surface area (Å²) in [4.78, 5) is 38.3. The zero-order valence-corrected chi connectivity index (χ0v) is 47.2. The SMILES string of the molecule is CCCCC/C=C\C/C=C\CCCCCCCCCCCC(=O)OC[C@@H](COC(=O)CCCCCCC/C=C\C/C=C\CCCCC)OC(=O)CCCCCCCCC/C=C\CCCCCCCCCC. The molecule has 0 aliphatic heterocycles. The van der Waals surface area contributed by atoms with E-state index in [0.717, 1.165) is 83.5 Å². The second kappa shape index (κ2) is 59.7. The molecule has 0 rings (SSSR count). The molecule has 0 saturated heterocycles. The average molecular weight is 994 g/mol. The van der Waals surface area contributed by atoms with E-state index in [4.69, 9.17) is 14.2 Å². The van der Waals surface area contributed by atoms with Crippen LogP contribution in [0.25, 0.3) is 0 Å². The first kappa shape index (κ1) is 68.1. The minimum absolute atomic E-state index is 0.0815. The topological polar surface area (TPSA) is 78.9 Å². The zero-order valence-electron chi connectivity index (χ0n) is 47.2. The van der Waals surface area contributed by atoms with E-state index in [1.54, 1.807) is 0 Å². The van der Waals surface area contributed by atoms with Gasteiger partial charge >= 0.3 is 17.9 Å². The first-order valence-electron chi connectivity index (χ1n) is 30.8. The molecule has 1 atom stereocenters. The molecular formula is C65H116O6. The third kappa shape index (κ3) is 57.9. The summed E-state index contributed by atoms with van der Waals surface area (Å²) in [6.45, 7) is 6.61. The number of hydrogen-bond acceptors (Lipinski definition) is 6. The van der Waals surface area contributed by atoms with Crippen LogP contribution in [0.5, 0.6) is 0 Å². The molecule has 6 heteroatoms. The van der Waals surface area contributed by atoms with E-state index < -0.39 is 6.10 Å². The second-order valence-electron chi connectivity index (χ2n) is 20.6. The van der Waals surface area contributed by atoms with E-state index in [1.807, 2.05) is 0 Å². The Hall–Kier alpha value is -2.89. The molecule has 0 heterocycles. The molecular weight excluding hydrogens is 877 g/mol. The third-order valence-electron chi connectivity index (χ3n) is 13.5. The van der Waals surface area contributed by atoms with E-state index in [2.05, 4.69) is 81.5 Å². The Kier molecular flexibility index (Phi) is 57.2. The Labute approximate surface area is 440 Å². The Balaban J connectivity index is 4.38. The summed E-state index contributed by atoms with van der Waals surface area (Å²) >= 11 is 0. The van der Waals surface area contributed by atoms with Crippen molar-refractivity contribution in [2.24, 2.45) is 0 Å². The zero-order chi connectivity index (χ0) is 51.4. The maximum atomic E-state index is 12.9. The van der Waals surface area contributed by atoms with Gasteiger partial charge in [-0.2, -0.15) is 0 Å². The number of hydrogen-bond donors (Lipinski definition) is 0. The highest BCUT2D eigenvalue weighted by Gasteiger charge is 2.19. The normalized spacial score (nSPS) is 12.4. The fourth-order valence-electron chi connectivity index (χ4n) is 8.79. The van der Waals surface area contributed by atoms with Crippen molar-refractivity contribution >= 4 is 17.9 Å². The van der Waals surface area contributed by atoms with Crippen LogP contribution in [0.1, 0.15) is 316 Å². The summed E-state index contributed by atoms with van der Waals surface area (Å²) in [5.74, 6) is -0.890. The van der Waals surface area contributed by atoms with Crippen LogP contribution in [-0.4, -0.2) is 37.2 Å². The molecule has 0 amide bonds. The van der Waals surface area contributed by atoms with Crippen molar-refractivity contribution in [1.82, 2.24) is 0 Å². The van der Waals surface area contributed by atoms with Gasteiger partial charge in [0.2, 0.25) is 0 Å². The van der Waals surface area contributed by atoms with Gasteiger partial charge in [-0.1, -0.05) is 248 Å². The molecule has 6 nitrogen and oxygen atoms in total. The molecule has 0 N–H and O–H groups in total. The van der Waals surface area contributed by atoms with Gasteiger partial charge in [0.1, 0.15) is 13.2 Å². The maximum Gasteiger partial charge on any atom is 0.306 e. The van der Waals surface area contributed by atoms with Crippen LogP contribution in [0.15, 0.2) is 60.8 Å². The lowest BCUT2D eigenvalue weighted by Crippen LogP contribution is -2.30. The summed E-state index contributed by atoms with van der Waals surface area (Å²) in [5.41, 5.74) is 0. The second-order valence-corrected chi connectivity index (χ2v) is 20.6. The van der Waals surface area contributed by atoms with Crippen LogP contribution in [0.3, 0.4) is 0 Å². The third-order valence-corrected chi connectivity index (χ3v) is 13.5. The molecule has 71 heavy (non-hydrogen) atoms. The van der Waals surface area contributed by atoms with Crippen LogP contribution in [0, 0.1) is 0 Å². The average Bonchev–Trinajstić information content (AvgIpc) is 3.37. The molecule has 0 fully saturated rings. The Morgan fingerprint density at radius 1 is 0.282 bits per heavy atom. The molecule has 0 saturated carbocycles. The number of allylic oxidation sites excluding steroid dienone is 10. The molecule has 0 bridgehead atoms. The monoisotopic (exact) mass is 993 g/mol. The predicted octanol–water partition coefficient (Wildman–Crippen LogP) is 20.8. The highest BCUT2D eigenvalue weighted by molar-refractivity contribution is 5.71. The number of esters is 3. The summed E-state index contributed by atoms with van der Waals surface area (Å²) in [7, 11) is 0. The molecule has 0 spiro atoms. The van der Waals surface area contributed by atoms with E-state index in [0.29, 0.717) is 19.3 Å². The summed E-state index contributed by atoms with van der Waals surface area (Å²) in [6, 6.07) is 0. The highest BCUT2D eigenvalue weighted by atomic mass is 16.6. The molecule has 0 radical (unpaired) electrons. The maximum absolute atomic E-state index is 12.9. The first-order valence-corrected chi connectivity index (χ1v) is 30.8. The van der Waals surface area contributed by atoms with Gasteiger partial charge < -0.3 is 14.2 Å². The van der Waals surface area contributed by atoms with Gasteiger partial charge in [-0.3, -0.25) is 14.4 Å². The molecule has 0 unspecified atom stereocenters. The van der Waals surface area contributed by atoms with Gasteiger partial charge in [0.05, 0.1) is 0 Å². The fraction of sp³-hybridized carbons (Fsp3) is 0.800. The number of unbranched alkanes of at least 4 members (excludes halogenated alkanes) is 35. The predicted molar refractivity (Wildman–Crippen MR) is 307 cm³/mol. The lowest BCUT2D eigenvalue weighted by atomic mass is 10.1. The van der Waals surface area contributed by atoms with Crippen molar-refractivity contribution in [3.63, 3.8) is 0 Å². The van der Waals surface area contributed by atoms with Gasteiger partial charge in [-0.05, 0) is 109 Å². The summed E-state index contributed by atoms with van der Waals surface area (Å²) in [5, 5.41) is 0. The number of rotatable bonds is 56. The Bertz CT molecular complexity index is 1280. The van der Waals surface area contributed by atoms with Crippen LogP contribution in [0.4, 0.5) is 0 Å². The molecule has 412 valence electrons. The lowest BCUT2D eigenvalue weighted by Gasteiger charge is -2.18. The molecule has 0 aliphatic rings. The van der Waals surface area contributed by atoms with E-state index in [-0.39, 0.29) is 31.1 Å². The van der Waals surface area contributed by atoms with Crippen LogP contribution in [0.2, 0.25) is 0 Å². The minimum atomic E-state index is -0.785. The van der Waals surface area contributed by atoms with Crippen molar-refractivity contribution in [1.29, 1.82) is 0 Å². The van der Waals surface area contributed by atoms with Crippen molar-refractivity contribution in [2.75, 3.05) is 13.2 Å². The minimum Gasteiger partial charge on any atom is -0.462 e. The van der Waals surface area contributed by atoms with Gasteiger partial charge in [0.15, 0.2) is 6.10 Å². The summed E-state index contributed by atoms with van der Waals surface area (Å²) in [6.07, 6.45) is 75.0. The standard InChI is InChI=1S/C65H116O6/c1-4-7-10-13-16-19-22-25-28-30-32-34-37-40-43-46-49-52-55-58-64(67)70-61-62(60-69-63(66)57-54-51-48-45-42-39-36-27-24-21-18-15-12-9-6-3)71-65(68)59-56-53-50-47-44-41-38-35-33-31-29-26-23-20-17-14-11-8-5-2/h16,18-19,21,25,27-28,31,33,36,62H,4-15,17,20,22-24,26,29-30,32,34-35,37-61H2,1-3H3/b19-16-,21-18-,28-25-,33-31-,36-27-/t62-/m1/s1. The van der Waals surface area contributed by atoms with Gasteiger partial charge in [-0.15, -0.1) is 0 Å². The van der Waals surface area contributed by atoms with Crippen molar-refractivity contribution in [3.8, 4) is 0 Å².